The monoisotopic (exact) mass is 366 g/mol. The molecule has 1 heterocycles. The van der Waals surface area contributed by atoms with Crippen LogP contribution in [0.25, 0.3) is 0 Å². The van der Waals surface area contributed by atoms with Crippen LogP contribution in [0.2, 0.25) is 0 Å². The van der Waals surface area contributed by atoms with Crippen LogP contribution in [0.3, 0.4) is 0 Å². The van der Waals surface area contributed by atoms with Crippen molar-refractivity contribution in [1.29, 1.82) is 0 Å². The third-order valence-corrected chi connectivity index (χ3v) is 5.58. The molecule has 1 aliphatic rings. The zero-order valence-electron chi connectivity index (χ0n) is 17.3. The third kappa shape index (κ3) is 6.88. The first-order valence-electron chi connectivity index (χ1n) is 10.4. The Bertz CT molecular complexity index is 483. The fraction of sp³-hybridized carbons (Fsp3) is 0.773. The Morgan fingerprint density at radius 1 is 1.27 bits per heavy atom. The Kier molecular flexibility index (Phi) is 10.2. The molecule has 0 spiro atoms. The van der Waals surface area contributed by atoms with Crippen molar-refractivity contribution in [2.75, 3.05) is 0 Å². The maximum Gasteiger partial charge on any atom is 0.306 e. The van der Waals surface area contributed by atoms with Gasteiger partial charge >= 0.3 is 5.97 Å². The maximum absolute atomic E-state index is 11.1. The Labute approximate surface area is 159 Å². The van der Waals surface area contributed by atoms with Crippen LogP contribution in [-0.4, -0.2) is 22.8 Å². The van der Waals surface area contributed by atoms with Crippen LogP contribution in [0.5, 0.6) is 0 Å². The molecule has 0 amide bonds. The molecule has 1 aliphatic heterocycles. The SMILES string of the molecule is CC/C=C/[C@H](CC)C/C(=C/[C@]1(CC)C[C@@H](CC)[C@@H](CC(=O)O)OO1)CC. The molecule has 0 unspecified atom stereocenters. The minimum absolute atomic E-state index is 0.00235. The highest BCUT2D eigenvalue weighted by Crippen LogP contribution is 2.39. The van der Waals surface area contributed by atoms with E-state index >= 15 is 0 Å². The smallest absolute Gasteiger partial charge is 0.306 e. The van der Waals surface area contributed by atoms with E-state index in [2.05, 4.69) is 52.8 Å². The van der Waals surface area contributed by atoms with Crippen molar-refractivity contribution >= 4 is 5.97 Å². The van der Waals surface area contributed by atoms with Crippen molar-refractivity contribution < 1.29 is 19.7 Å². The molecule has 1 fully saturated rings. The van der Waals surface area contributed by atoms with Gasteiger partial charge in [0.05, 0.1) is 6.42 Å². The maximum atomic E-state index is 11.1. The zero-order valence-corrected chi connectivity index (χ0v) is 17.3. The van der Waals surface area contributed by atoms with Gasteiger partial charge in [0.25, 0.3) is 0 Å². The molecule has 26 heavy (non-hydrogen) atoms. The van der Waals surface area contributed by atoms with Crippen molar-refractivity contribution in [3.05, 3.63) is 23.8 Å². The van der Waals surface area contributed by atoms with Gasteiger partial charge in [0.15, 0.2) is 0 Å². The number of aliphatic carboxylic acids is 1. The number of hydrogen-bond acceptors (Lipinski definition) is 3. The van der Waals surface area contributed by atoms with Crippen molar-refractivity contribution in [1.82, 2.24) is 0 Å². The van der Waals surface area contributed by atoms with Gasteiger partial charge in [-0.25, -0.2) is 9.78 Å². The van der Waals surface area contributed by atoms with Crippen LogP contribution < -0.4 is 0 Å². The molecular weight excluding hydrogens is 328 g/mol. The number of hydrogen-bond donors (Lipinski definition) is 1. The molecule has 0 bridgehead atoms. The molecule has 0 aromatic heterocycles. The lowest BCUT2D eigenvalue weighted by molar-refractivity contribution is -0.409. The minimum atomic E-state index is -0.834. The second-order valence-corrected chi connectivity index (χ2v) is 7.47. The first-order chi connectivity index (χ1) is 12.4. The number of carbonyl (C=O) groups is 1. The Hall–Kier alpha value is -1.13. The van der Waals surface area contributed by atoms with Crippen molar-refractivity contribution in [3.8, 4) is 0 Å². The normalized spacial score (nSPS) is 28.4. The molecular formula is C22H38O4. The van der Waals surface area contributed by atoms with Gasteiger partial charge in [0.1, 0.15) is 11.7 Å². The summed E-state index contributed by atoms with van der Waals surface area (Å²) < 4.78 is 0. The Morgan fingerprint density at radius 2 is 2.00 bits per heavy atom. The minimum Gasteiger partial charge on any atom is -0.481 e. The first kappa shape index (κ1) is 22.9. The Balaban J connectivity index is 2.94. The van der Waals surface area contributed by atoms with E-state index in [1.165, 1.54) is 5.57 Å². The van der Waals surface area contributed by atoms with Gasteiger partial charge in [-0.15, -0.1) is 0 Å². The fourth-order valence-electron chi connectivity index (χ4n) is 3.70. The lowest BCUT2D eigenvalue weighted by atomic mass is 9.80. The van der Waals surface area contributed by atoms with Crippen LogP contribution in [0.15, 0.2) is 23.8 Å². The number of carboxylic acid groups (broad SMARTS) is 1. The van der Waals surface area contributed by atoms with E-state index in [1.54, 1.807) is 0 Å². The lowest BCUT2D eigenvalue weighted by Gasteiger charge is -2.41. The van der Waals surface area contributed by atoms with Gasteiger partial charge < -0.3 is 5.11 Å². The van der Waals surface area contributed by atoms with E-state index in [-0.39, 0.29) is 18.4 Å². The summed E-state index contributed by atoms with van der Waals surface area (Å²) in [6, 6.07) is 0. The second kappa shape index (κ2) is 11.6. The van der Waals surface area contributed by atoms with E-state index < -0.39 is 11.6 Å². The highest BCUT2D eigenvalue weighted by molar-refractivity contribution is 5.67. The summed E-state index contributed by atoms with van der Waals surface area (Å²) >= 11 is 0. The van der Waals surface area contributed by atoms with Crippen molar-refractivity contribution in [2.45, 2.75) is 97.7 Å². The average Bonchev–Trinajstić information content (AvgIpc) is 2.65. The summed E-state index contributed by atoms with van der Waals surface area (Å²) in [6.45, 7) is 10.8. The summed E-state index contributed by atoms with van der Waals surface area (Å²) in [5.74, 6) is -0.0725. The largest absolute Gasteiger partial charge is 0.481 e. The van der Waals surface area contributed by atoms with E-state index in [1.807, 2.05) is 0 Å². The molecule has 1 rings (SSSR count). The van der Waals surface area contributed by atoms with Crippen LogP contribution in [0.1, 0.15) is 86.0 Å². The molecule has 0 aromatic rings. The molecule has 150 valence electrons. The van der Waals surface area contributed by atoms with Crippen molar-refractivity contribution in [2.24, 2.45) is 11.8 Å². The topological polar surface area (TPSA) is 55.8 Å². The third-order valence-electron chi connectivity index (χ3n) is 5.58. The predicted molar refractivity (Wildman–Crippen MR) is 106 cm³/mol. The molecule has 4 heteroatoms. The summed E-state index contributed by atoms with van der Waals surface area (Å²) in [4.78, 5) is 22.5. The van der Waals surface area contributed by atoms with E-state index in [0.717, 1.165) is 44.9 Å². The summed E-state index contributed by atoms with van der Waals surface area (Å²) in [5.41, 5.74) is 0.961. The molecule has 1 N–H and O–H groups in total. The number of allylic oxidation sites excluding steroid dienone is 3. The highest BCUT2D eigenvalue weighted by atomic mass is 17.2. The summed E-state index contributed by atoms with van der Waals surface area (Å²) in [6.07, 6.45) is 13.3. The van der Waals surface area contributed by atoms with Crippen LogP contribution in [-0.2, 0) is 14.6 Å². The fourth-order valence-corrected chi connectivity index (χ4v) is 3.70. The van der Waals surface area contributed by atoms with Gasteiger partial charge in [-0.2, -0.15) is 0 Å². The van der Waals surface area contributed by atoms with Crippen molar-refractivity contribution in [3.63, 3.8) is 0 Å². The molecule has 1 saturated heterocycles. The number of carboxylic acids is 1. The summed E-state index contributed by atoms with van der Waals surface area (Å²) in [5, 5.41) is 9.09. The molecule has 0 saturated carbocycles. The number of rotatable bonds is 11. The highest BCUT2D eigenvalue weighted by Gasteiger charge is 2.41. The summed E-state index contributed by atoms with van der Waals surface area (Å²) in [7, 11) is 0. The van der Waals surface area contributed by atoms with Gasteiger partial charge in [0, 0.05) is 0 Å². The molecule has 0 aliphatic carbocycles. The first-order valence-corrected chi connectivity index (χ1v) is 10.4. The standard InChI is InChI=1S/C22H38O4/c1-6-11-12-17(7-2)13-18(8-3)15-22(10-5)16-19(9-4)20(25-26-22)14-21(23)24/h11-12,15,17,19-20H,6-10,13-14,16H2,1-5H3,(H,23,24)/b12-11+,18-15+/t17-,19+,20+,22+/m0/s1. The van der Waals surface area contributed by atoms with Gasteiger partial charge in [0.2, 0.25) is 0 Å². The van der Waals surface area contributed by atoms with Crippen LogP contribution in [0, 0.1) is 11.8 Å². The van der Waals surface area contributed by atoms with Crippen LogP contribution in [0.4, 0.5) is 0 Å². The molecule has 0 radical (unpaired) electrons. The van der Waals surface area contributed by atoms with Gasteiger partial charge in [-0.05, 0) is 50.4 Å². The molecule has 0 aromatic carbocycles. The zero-order chi connectivity index (χ0) is 19.6. The quantitative estimate of drug-likeness (QED) is 0.356. The Morgan fingerprint density at radius 3 is 2.50 bits per heavy atom. The van der Waals surface area contributed by atoms with Gasteiger partial charge in [-0.3, -0.25) is 4.79 Å². The predicted octanol–water partition coefficient (Wildman–Crippen LogP) is 6.08. The molecule has 4 nitrogen and oxygen atoms in total. The van der Waals surface area contributed by atoms with E-state index in [9.17, 15) is 4.79 Å². The van der Waals surface area contributed by atoms with Gasteiger partial charge in [-0.1, -0.05) is 64.8 Å². The average molecular weight is 367 g/mol. The van der Waals surface area contributed by atoms with Crippen LogP contribution >= 0.6 is 0 Å². The lowest BCUT2D eigenvalue weighted by Crippen LogP contribution is -2.44. The second-order valence-electron chi connectivity index (χ2n) is 7.47. The van der Waals surface area contributed by atoms with E-state index in [4.69, 9.17) is 14.9 Å². The molecule has 4 atom stereocenters. The van der Waals surface area contributed by atoms with E-state index in [0.29, 0.717) is 5.92 Å².